The molecule has 28 heavy (non-hydrogen) atoms. The molecule has 2 aromatic carbocycles. The maximum Gasteiger partial charge on any atom is 0.162 e. The van der Waals surface area contributed by atoms with Crippen molar-refractivity contribution in [2.24, 2.45) is 10.4 Å². The monoisotopic (exact) mass is 420 g/mol. The van der Waals surface area contributed by atoms with E-state index >= 15 is 0 Å². The van der Waals surface area contributed by atoms with Crippen LogP contribution < -0.4 is 0 Å². The quantitative estimate of drug-likeness (QED) is 0.767. The molecule has 1 fully saturated rings. The van der Waals surface area contributed by atoms with Gasteiger partial charge < -0.3 is 10.0 Å². The second-order valence-corrected chi connectivity index (χ2v) is 9.60. The van der Waals surface area contributed by atoms with Gasteiger partial charge in [0.15, 0.2) is 10.9 Å². The van der Waals surface area contributed by atoms with Gasteiger partial charge in [-0.05, 0) is 30.2 Å². The minimum absolute atomic E-state index is 0. The number of fused-ring (bicyclic) bond motifs is 1. The van der Waals surface area contributed by atoms with Gasteiger partial charge in [0.05, 0.1) is 11.2 Å². The van der Waals surface area contributed by atoms with E-state index in [-0.39, 0.29) is 34.8 Å². The van der Waals surface area contributed by atoms with Crippen LogP contribution >= 0.6 is 24.2 Å². The van der Waals surface area contributed by atoms with Gasteiger partial charge in [-0.15, -0.1) is 12.4 Å². The molecule has 2 aromatic rings. The Morgan fingerprint density at radius 2 is 1.71 bits per heavy atom. The predicted molar refractivity (Wildman–Crippen MR) is 117 cm³/mol. The number of benzene rings is 2. The van der Waals surface area contributed by atoms with Crippen LogP contribution in [0.5, 0.6) is 0 Å². The molecule has 3 nitrogen and oxygen atoms in total. The van der Waals surface area contributed by atoms with E-state index in [1.807, 2.05) is 30.3 Å². The van der Waals surface area contributed by atoms with Gasteiger partial charge in [0.2, 0.25) is 0 Å². The third-order valence-electron chi connectivity index (χ3n) is 5.53. The Morgan fingerprint density at radius 3 is 2.36 bits per heavy atom. The van der Waals surface area contributed by atoms with Crippen molar-refractivity contribution in [2.75, 3.05) is 13.1 Å². The smallest absolute Gasteiger partial charge is 0.162 e. The van der Waals surface area contributed by atoms with Gasteiger partial charge in [-0.2, -0.15) is 0 Å². The van der Waals surface area contributed by atoms with Crippen molar-refractivity contribution < 1.29 is 9.50 Å². The maximum atomic E-state index is 13.6. The fraction of sp³-hybridized carbons (Fsp3) is 0.409. The molecule has 3 unspecified atom stereocenters. The lowest BCUT2D eigenvalue weighted by atomic mass is 9.78. The summed E-state index contributed by atoms with van der Waals surface area (Å²) in [6, 6.07) is 16.5. The summed E-state index contributed by atoms with van der Waals surface area (Å²) in [5.41, 5.74) is 0.776. The molecule has 6 heteroatoms. The Morgan fingerprint density at radius 1 is 1.11 bits per heavy atom. The number of hydrogen-bond donors (Lipinski definition) is 1. The fourth-order valence-electron chi connectivity index (χ4n) is 4.13. The molecule has 0 aromatic heterocycles. The van der Waals surface area contributed by atoms with Gasteiger partial charge in [-0.25, -0.2) is 4.39 Å². The highest BCUT2D eigenvalue weighted by Gasteiger charge is 2.56. The zero-order valence-corrected chi connectivity index (χ0v) is 17.9. The molecule has 1 saturated heterocycles. The number of thioether (sulfide) groups is 1. The van der Waals surface area contributed by atoms with E-state index in [0.29, 0.717) is 0 Å². The van der Waals surface area contributed by atoms with Gasteiger partial charge in [0.1, 0.15) is 5.82 Å². The Bertz CT molecular complexity index is 859. The van der Waals surface area contributed by atoms with Crippen molar-refractivity contribution in [3.05, 3.63) is 71.5 Å². The maximum absolute atomic E-state index is 13.6. The number of rotatable bonds is 3. The highest BCUT2D eigenvalue weighted by molar-refractivity contribution is 8.14. The van der Waals surface area contributed by atoms with E-state index in [4.69, 9.17) is 4.99 Å². The first-order chi connectivity index (χ1) is 12.8. The second kappa shape index (κ2) is 7.69. The van der Waals surface area contributed by atoms with Crippen molar-refractivity contribution in [1.82, 2.24) is 4.90 Å². The highest BCUT2D eigenvalue weighted by atomic mass is 35.5. The summed E-state index contributed by atoms with van der Waals surface area (Å²) in [4.78, 5) is 6.84. The van der Waals surface area contributed by atoms with Crippen LogP contribution in [0.2, 0.25) is 0 Å². The fourth-order valence-corrected chi connectivity index (χ4v) is 5.36. The van der Waals surface area contributed by atoms with Gasteiger partial charge in [0, 0.05) is 18.5 Å². The van der Waals surface area contributed by atoms with E-state index in [2.05, 4.69) is 25.7 Å². The third-order valence-corrected chi connectivity index (χ3v) is 6.79. The molecule has 2 heterocycles. The molecular weight excluding hydrogens is 395 g/mol. The van der Waals surface area contributed by atoms with Crippen LogP contribution in [0.3, 0.4) is 0 Å². The lowest BCUT2D eigenvalue weighted by Crippen LogP contribution is -2.59. The summed E-state index contributed by atoms with van der Waals surface area (Å²) >= 11 is 1.63. The average Bonchev–Trinajstić information content (AvgIpc) is 2.88. The van der Waals surface area contributed by atoms with Gasteiger partial charge in [-0.1, -0.05) is 68.1 Å². The van der Waals surface area contributed by atoms with E-state index < -0.39 is 5.72 Å². The van der Waals surface area contributed by atoms with Gasteiger partial charge in [-0.3, -0.25) is 4.99 Å². The Kier molecular flexibility index (Phi) is 5.81. The van der Waals surface area contributed by atoms with Crippen molar-refractivity contribution >= 4 is 29.3 Å². The zero-order chi connectivity index (χ0) is 19.2. The summed E-state index contributed by atoms with van der Waals surface area (Å²) in [5.74, 6) is -0.573. The topological polar surface area (TPSA) is 35.8 Å². The predicted octanol–water partition coefficient (Wildman–Crippen LogP) is 4.90. The molecule has 4 rings (SSSR count). The van der Waals surface area contributed by atoms with Crippen LogP contribution in [0.15, 0.2) is 59.6 Å². The Hall–Kier alpha value is -1.56. The van der Waals surface area contributed by atoms with Crippen LogP contribution in [-0.2, 0) is 0 Å². The van der Waals surface area contributed by atoms with Gasteiger partial charge >= 0.3 is 0 Å². The first-order valence-corrected chi connectivity index (χ1v) is 10.2. The molecule has 150 valence electrons. The molecule has 0 bridgehead atoms. The van der Waals surface area contributed by atoms with Crippen molar-refractivity contribution in [2.45, 2.75) is 37.7 Å². The van der Waals surface area contributed by atoms with E-state index in [0.717, 1.165) is 29.4 Å². The molecule has 0 saturated carbocycles. The van der Waals surface area contributed by atoms with Crippen LogP contribution in [-0.4, -0.2) is 39.2 Å². The Labute approximate surface area is 176 Å². The number of aliphatic hydroxyl groups is 1. The standard InChI is InChI=1S/C22H25FN2OS.ClH/c1-15-22(26,25-14-21(2,3)13-24-20(25)27-15)19(16-7-5-4-6-8-16)17-9-11-18(23)12-10-17;/h4-12,15,19,26H,13-14H2,1-3H3;1H. The zero-order valence-electron chi connectivity index (χ0n) is 16.3. The number of hydrogen-bond acceptors (Lipinski definition) is 4. The van der Waals surface area contributed by atoms with Crippen LogP contribution in [0, 0.1) is 11.2 Å². The lowest BCUT2D eigenvalue weighted by molar-refractivity contribution is -0.0873. The van der Waals surface area contributed by atoms with Gasteiger partial charge in [0.25, 0.3) is 0 Å². The third kappa shape index (κ3) is 3.56. The normalized spacial score (nSPS) is 26.8. The highest BCUT2D eigenvalue weighted by Crippen LogP contribution is 2.51. The molecule has 3 atom stereocenters. The van der Waals surface area contributed by atoms with Crippen LogP contribution in [0.1, 0.15) is 37.8 Å². The SMILES string of the molecule is CC1SC2=NCC(C)(C)CN2C1(O)C(c1ccccc1)c1ccc(F)cc1.Cl. The molecule has 0 radical (unpaired) electrons. The molecule has 2 aliphatic heterocycles. The average molecular weight is 421 g/mol. The van der Waals surface area contributed by atoms with E-state index in [1.54, 1.807) is 23.9 Å². The van der Waals surface area contributed by atoms with E-state index in [9.17, 15) is 9.50 Å². The van der Waals surface area contributed by atoms with Crippen molar-refractivity contribution in [3.63, 3.8) is 0 Å². The molecule has 0 spiro atoms. The number of halogens is 2. The first-order valence-electron chi connectivity index (χ1n) is 9.33. The Balaban J connectivity index is 0.00000225. The summed E-state index contributed by atoms with van der Waals surface area (Å²) in [7, 11) is 0. The molecule has 0 aliphatic carbocycles. The molecule has 2 aliphatic rings. The second-order valence-electron chi connectivity index (χ2n) is 8.29. The number of aliphatic imine (C=N–C) groups is 1. The summed E-state index contributed by atoms with van der Waals surface area (Å²) in [6.07, 6.45) is 0. The molecule has 0 amide bonds. The van der Waals surface area contributed by atoms with E-state index in [1.165, 1.54) is 12.1 Å². The summed E-state index contributed by atoms with van der Waals surface area (Å²) in [6.45, 7) is 7.91. The van der Waals surface area contributed by atoms with Crippen LogP contribution in [0.25, 0.3) is 0 Å². The lowest BCUT2D eigenvalue weighted by Gasteiger charge is -2.47. The molecule has 1 N–H and O–H groups in total. The van der Waals surface area contributed by atoms with Crippen molar-refractivity contribution in [1.29, 1.82) is 0 Å². The minimum atomic E-state index is -1.14. The minimum Gasteiger partial charge on any atom is -0.369 e. The number of amidine groups is 1. The largest absolute Gasteiger partial charge is 0.369 e. The summed E-state index contributed by atoms with van der Waals surface area (Å²) in [5, 5.41) is 13.0. The first kappa shape index (κ1) is 21.2. The van der Waals surface area contributed by atoms with Crippen molar-refractivity contribution in [3.8, 4) is 0 Å². The van der Waals surface area contributed by atoms with Crippen LogP contribution in [0.4, 0.5) is 4.39 Å². The molecular formula is C22H26ClFN2OS. The number of nitrogens with zero attached hydrogens (tertiary/aromatic N) is 2. The summed E-state index contributed by atoms with van der Waals surface area (Å²) < 4.78 is 13.6.